The third-order valence-electron chi connectivity index (χ3n) is 4.02. The van der Waals surface area contributed by atoms with Crippen LogP contribution in [0, 0.1) is 6.92 Å². The number of H-pyrrole nitrogens is 1. The van der Waals surface area contributed by atoms with Gasteiger partial charge in [-0.3, -0.25) is 9.59 Å². The molecule has 27 heavy (non-hydrogen) atoms. The van der Waals surface area contributed by atoms with Gasteiger partial charge < -0.3 is 14.5 Å². The summed E-state index contributed by atoms with van der Waals surface area (Å²) in [6.07, 6.45) is 0.130. The number of carbonyl (C=O) groups is 2. The number of aromatic nitrogens is 2. The second-order valence-corrected chi connectivity index (χ2v) is 6.06. The smallest absolute Gasteiger partial charge is 0.337 e. The second-order valence-electron chi connectivity index (χ2n) is 6.06. The summed E-state index contributed by atoms with van der Waals surface area (Å²) in [5.41, 5.74) is 2.18. The molecule has 138 valence electrons. The minimum Gasteiger partial charge on any atom is -0.465 e. The van der Waals surface area contributed by atoms with E-state index in [9.17, 15) is 14.4 Å². The Morgan fingerprint density at radius 3 is 2.56 bits per heavy atom. The standard InChI is InChI=1S/C20H18N2O5/c1-12-3-5-13(6-4-12)9-18(23)27-11-17-21-16-10-14(20(25)26-2)7-8-15(16)19(24)22-17/h3-8,10H,9,11H2,1-2H3,(H,21,22,24). The lowest BCUT2D eigenvalue weighted by Crippen LogP contribution is -2.15. The van der Waals surface area contributed by atoms with Gasteiger partial charge in [0.15, 0.2) is 0 Å². The van der Waals surface area contributed by atoms with E-state index in [1.807, 2.05) is 31.2 Å². The third-order valence-corrected chi connectivity index (χ3v) is 4.02. The van der Waals surface area contributed by atoms with Gasteiger partial charge in [-0.2, -0.15) is 0 Å². The molecule has 0 saturated heterocycles. The highest BCUT2D eigenvalue weighted by atomic mass is 16.5. The number of nitrogens with one attached hydrogen (secondary N) is 1. The molecule has 0 fully saturated rings. The normalized spacial score (nSPS) is 10.6. The van der Waals surface area contributed by atoms with Crippen molar-refractivity contribution in [2.45, 2.75) is 20.0 Å². The van der Waals surface area contributed by atoms with Crippen LogP contribution in [0.2, 0.25) is 0 Å². The number of hydrogen-bond donors (Lipinski definition) is 1. The molecule has 1 aromatic heterocycles. The number of rotatable bonds is 5. The van der Waals surface area contributed by atoms with Crippen molar-refractivity contribution in [3.05, 3.63) is 75.3 Å². The molecule has 2 aromatic carbocycles. The first-order valence-electron chi connectivity index (χ1n) is 8.28. The molecule has 0 atom stereocenters. The van der Waals surface area contributed by atoms with E-state index in [1.165, 1.54) is 25.3 Å². The summed E-state index contributed by atoms with van der Waals surface area (Å²) >= 11 is 0. The van der Waals surface area contributed by atoms with E-state index in [0.29, 0.717) is 10.9 Å². The largest absolute Gasteiger partial charge is 0.465 e. The second kappa shape index (κ2) is 7.82. The highest BCUT2D eigenvalue weighted by Crippen LogP contribution is 2.12. The van der Waals surface area contributed by atoms with Gasteiger partial charge in [0.1, 0.15) is 12.4 Å². The molecule has 1 N–H and O–H groups in total. The van der Waals surface area contributed by atoms with Crippen LogP contribution in [0.5, 0.6) is 0 Å². The van der Waals surface area contributed by atoms with Crippen LogP contribution in [0.25, 0.3) is 10.9 Å². The number of nitrogens with zero attached hydrogens (tertiary/aromatic N) is 1. The molecular weight excluding hydrogens is 348 g/mol. The molecule has 0 aliphatic rings. The predicted molar refractivity (Wildman–Crippen MR) is 98.4 cm³/mol. The van der Waals surface area contributed by atoms with E-state index in [0.717, 1.165) is 11.1 Å². The maximum absolute atomic E-state index is 12.2. The van der Waals surface area contributed by atoms with Crippen molar-refractivity contribution in [3.8, 4) is 0 Å². The number of fused-ring (bicyclic) bond motifs is 1. The molecule has 3 rings (SSSR count). The van der Waals surface area contributed by atoms with Crippen LogP contribution in [-0.4, -0.2) is 29.0 Å². The van der Waals surface area contributed by atoms with Crippen molar-refractivity contribution in [1.82, 2.24) is 9.97 Å². The molecule has 0 bridgehead atoms. The average molecular weight is 366 g/mol. The molecule has 7 heteroatoms. The summed E-state index contributed by atoms with van der Waals surface area (Å²) in [4.78, 5) is 42.6. The van der Waals surface area contributed by atoms with Gasteiger partial charge in [-0.05, 0) is 30.7 Å². The monoisotopic (exact) mass is 366 g/mol. The molecule has 7 nitrogen and oxygen atoms in total. The minimum atomic E-state index is -0.523. The average Bonchev–Trinajstić information content (AvgIpc) is 2.67. The number of benzene rings is 2. The third kappa shape index (κ3) is 4.38. The zero-order chi connectivity index (χ0) is 19.4. The van der Waals surface area contributed by atoms with E-state index >= 15 is 0 Å². The molecule has 0 aliphatic heterocycles. The number of carbonyl (C=O) groups excluding carboxylic acids is 2. The van der Waals surface area contributed by atoms with Crippen LogP contribution in [0.15, 0.2) is 47.3 Å². The summed E-state index contributed by atoms with van der Waals surface area (Å²) in [6, 6.07) is 12.0. The lowest BCUT2D eigenvalue weighted by molar-refractivity contribution is -0.144. The van der Waals surface area contributed by atoms with E-state index < -0.39 is 11.9 Å². The maximum Gasteiger partial charge on any atom is 0.337 e. The Morgan fingerprint density at radius 2 is 1.85 bits per heavy atom. The molecule has 0 saturated carbocycles. The van der Waals surface area contributed by atoms with Crippen LogP contribution in [-0.2, 0) is 27.3 Å². The summed E-state index contributed by atoms with van der Waals surface area (Å²) in [5.74, 6) is -0.748. The van der Waals surface area contributed by atoms with E-state index in [2.05, 4.69) is 14.7 Å². The Morgan fingerprint density at radius 1 is 1.11 bits per heavy atom. The minimum absolute atomic E-state index is 0.130. The number of aryl methyl sites for hydroxylation is 1. The topological polar surface area (TPSA) is 98.4 Å². The van der Waals surface area contributed by atoms with Gasteiger partial charge >= 0.3 is 11.9 Å². The molecule has 1 heterocycles. The lowest BCUT2D eigenvalue weighted by atomic mass is 10.1. The molecular formula is C20H18N2O5. The number of ether oxygens (including phenoxy) is 2. The van der Waals surface area contributed by atoms with Crippen molar-refractivity contribution < 1.29 is 19.1 Å². The van der Waals surface area contributed by atoms with Crippen LogP contribution in [0.3, 0.4) is 0 Å². The van der Waals surface area contributed by atoms with Crippen molar-refractivity contribution in [2.24, 2.45) is 0 Å². The van der Waals surface area contributed by atoms with Gasteiger partial charge in [-0.25, -0.2) is 9.78 Å². The SMILES string of the molecule is COC(=O)c1ccc2c(=O)[nH]c(COC(=O)Cc3ccc(C)cc3)nc2c1. The number of hydrogen-bond acceptors (Lipinski definition) is 6. The quantitative estimate of drug-likeness (QED) is 0.696. The molecule has 0 amide bonds. The summed E-state index contributed by atoms with van der Waals surface area (Å²) in [6.45, 7) is 1.80. The first-order chi connectivity index (χ1) is 13.0. The maximum atomic E-state index is 12.2. The number of methoxy groups -OCH3 is 1. The molecule has 3 aromatic rings. The van der Waals surface area contributed by atoms with E-state index in [4.69, 9.17) is 4.74 Å². The molecule has 0 radical (unpaired) electrons. The lowest BCUT2D eigenvalue weighted by Gasteiger charge is -2.07. The summed E-state index contributed by atoms with van der Waals surface area (Å²) in [5, 5.41) is 0.331. The van der Waals surface area contributed by atoms with Crippen LogP contribution in [0.4, 0.5) is 0 Å². The van der Waals surface area contributed by atoms with Crippen LogP contribution < -0.4 is 5.56 Å². The van der Waals surface area contributed by atoms with Gasteiger partial charge in [0.05, 0.1) is 30.0 Å². The zero-order valence-electron chi connectivity index (χ0n) is 14.9. The van der Waals surface area contributed by atoms with E-state index in [-0.39, 0.29) is 30.0 Å². The van der Waals surface area contributed by atoms with Gasteiger partial charge in [0.25, 0.3) is 5.56 Å². The van der Waals surface area contributed by atoms with Gasteiger partial charge in [0, 0.05) is 0 Å². The molecule has 0 aliphatic carbocycles. The Balaban J connectivity index is 1.74. The van der Waals surface area contributed by atoms with Gasteiger partial charge in [-0.15, -0.1) is 0 Å². The first kappa shape index (κ1) is 18.3. The highest BCUT2D eigenvalue weighted by molar-refractivity contribution is 5.93. The zero-order valence-corrected chi connectivity index (χ0v) is 14.9. The Bertz CT molecular complexity index is 1050. The molecule has 0 unspecified atom stereocenters. The molecule has 0 spiro atoms. The van der Waals surface area contributed by atoms with Crippen molar-refractivity contribution in [3.63, 3.8) is 0 Å². The van der Waals surface area contributed by atoms with E-state index in [1.54, 1.807) is 0 Å². The number of esters is 2. The van der Waals surface area contributed by atoms with Gasteiger partial charge in [-0.1, -0.05) is 29.8 Å². The Kier molecular flexibility index (Phi) is 5.30. The fourth-order valence-electron chi connectivity index (χ4n) is 2.57. The van der Waals surface area contributed by atoms with Crippen molar-refractivity contribution in [1.29, 1.82) is 0 Å². The van der Waals surface area contributed by atoms with Crippen LogP contribution >= 0.6 is 0 Å². The fourth-order valence-corrected chi connectivity index (χ4v) is 2.57. The Hall–Kier alpha value is -3.48. The summed E-state index contributed by atoms with van der Waals surface area (Å²) < 4.78 is 9.87. The van der Waals surface area contributed by atoms with Crippen LogP contribution in [0.1, 0.15) is 27.3 Å². The Labute approximate surface area is 155 Å². The summed E-state index contributed by atoms with van der Waals surface area (Å²) in [7, 11) is 1.27. The van der Waals surface area contributed by atoms with Crippen molar-refractivity contribution >= 4 is 22.8 Å². The first-order valence-corrected chi connectivity index (χ1v) is 8.28. The highest BCUT2D eigenvalue weighted by Gasteiger charge is 2.11. The fraction of sp³-hybridized carbons (Fsp3) is 0.200. The predicted octanol–water partition coefficient (Wildman–Crippen LogP) is 2.30. The van der Waals surface area contributed by atoms with Gasteiger partial charge in [0.2, 0.25) is 0 Å². The van der Waals surface area contributed by atoms with Crippen molar-refractivity contribution in [2.75, 3.05) is 7.11 Å². The number of aromatic amines is 1.